The molecule has 18 heavy (non-hydrogen) atoms. The van der Waals surface area contributed by atoms with E-state index in [1.807, 2.05) is 24.3 Å². The van der Waals surface area contributed by atoms with Crippen molar-refractivity contribution >= 4 is 0 Å². The zero-order valence-corrected chi connectivity index (χ0v) is 11.1. The molecule has 0 aliphatic carbocycles. The van der Waals surface area contributed by atoms with E-state index < -0.39 is 0 Å². The van der Waals surface area contributed by atoms with Gasteiger partial charge in [0.2, 0.25) is 0 Å². The number of allylic oxidation sites excluding steroid dienone is 4. The second-order valence-corrected chi connectivity index (χ2v) is 4.36. The molecule has 0 saturated heterocycles. The standard InChI is InChI=1S/C18H22/c1-5-9-15-13-17(11-7-3)18(12-8-4)14-16(15)10-6-2/h5-8,13-14H,1-4,9-12H2. The first kappa shape index (κ1) is 14.2. The van der Waals surface area contributed by atoms with E-state index in [2.05, 4.69) is 38.4 Å². The molecule has 0 radical (unpaired) electrons. The summed E-state index contributed by atoms with van der Waals surface area (Å²) in [6.45, 7) is 15.3. The molecule has 0 N–H and O–H groups in total. The van der Waals surface area contributed by atoms with Crippen LogP contribution in [0.2, 0.25) is 0 Å². The molecule has 0 saturated carbocycles. The van der Waals surface area contributed by atoms with Crippen LogP contribution in [0.15, 0.2) is 62.8 Å². The molecule has 0 unspecified atom stereocenters. The summed E-state index contributed by atoms with van der Waals surface area (Å²) in [7, 11) is 0. The van der Waals surface area contributed by atoms with Crippen molar-refractivity contribution in [2.45, 2.75) is 25.7 Å². The van der Waals surface area contributed by atoms with Crippen LogP contribution < -0.4 is 0 Å². The molecule has 0 fully saturated rings. The Morgan fingerprint density at radius 1 is 0.556 bits per heavy atom. The Kier molecular flexibility index (Phi) is 5.93. The van der Waals surface area contributed by atoms with Crippen molar-refractivity contribution in [3.05, 3.63) is 85.0 Å². The molecule has 1 aromatic rings. The molecule has 0 nitrogen and oxygen atoms in total. The van der Waals surface area contributed by atoms with E-state index in [1.54, 1.807) is 0 Å². The maximum absolute atomic E-state index is 3.83. The van der Waals surface area contributed by atoms with Gasteiger partial charge in [-0.1, -0.05) is 36.4 Å². The van der Waals surface area contributed by atoms with Gasteiger partial charge < -0.3 is 0 Å². The van der Waals surface area contributed by atoms with Crippen LogP contribution in [0.1, 0.15) is 22.3 Å². The zero-order chi connectivity index (χ0) is 13.4. The molecule has 0 atom stereocenters. The molecule has 0 aliphatic rings. The lowest BCUT2D eigenvalue weighted by atomic mass is 9.92. The van der Waals surface area contributed by atoms with Crippen LogP contribution in [0.5, 0.6) is 0 Å². The van der Waals surface area contributed by atoms with E-state index in [9.17, 15) is 0 Å². The van der Waals surface area contributed by atoms with Gasteiger partial charge in [-0.3, -0.25) is 0 Å². The van der Waals surface area contributed by atoms with Gasteiger partial charge in [0.05, 0.1) is 0 Å². The van der Waals surface area contributed by atoms with E-state index in [1.165, 1.54) is 22.3 Å². The molecule has 0 heterocycles. The maximum atomic E-state index is 3.83. The van der Waals surface area contributed by atoms with Gasteiger partial charge in [0, 0.05) is 0 Å². The maximum Gasteiger partial charge on any atom is -0.00972 e. The Morgan fingerprint density at radius 2 is 0.778 bits per heavy atom. The third-order valence-electron chi connectivity index (χ3n) is 2.98. The molecule has 0 heteroatoms. The van der Waals surface area contributed by atoms with Crippen molar-refractivity contribution in [1.82, 2.24) is 0 Å². The van der Waals surface area contributed by atoms with Crippen LogP contribution in [0.4, 0.5) is 0 Å². The molecular weight excluding hydrogens is 216 g/mol. The van der Waals surface area contributed by atoms with Gasteiger partial charge in [0.25, 0.3) is 0 Å². The van der Waals surface area contributed by atoms with Gasteiger partial charge in [0.15, 0.2) is 0 Å². The van der Waals surface area contributed by atoms with Gasteiger partial charge in [-0.2, -0.15) is 0 Å². The second kappa shape index (κ2) is 7.50. The molecule has 0 spiro atoms. The fourth-order valence-corrected chi connectivity index (χ4v) is 2.17. The smallest absolute Gasteiger partial charge is 0.00972 e. The van der Waals surface area contributed by atoms with Crippen LogP contribution in [0.3, 0.4) is 0 Å². The van der Waals surface area contributed by atoms with Crippen LogP contribution in [0.25, 0.3) is 0 Å². The van der Waals surface area contributed by atoms with Crippen LogP contribution >= 0.6 is 0 Å². The fraction of sp³-hybridized carbons (Fsp3) is 0.222. The number of rotatable bonds is 8. The summed E-state index contributed by atoms with van der Waals surface area (Å²) in [5.41, 5.74) is 5.37. The summed E-state index contributed by atoms with van der Waals surface area (Å²) < 4.78 is 0. The molecular formula is C18H22. The van der Waals surface area contributed by atoms with Crippen LogP contribution in [0, 0.1) is 0 Å². The Bertz CT molecular complexity index is 367. The Balaban J connectivity index is 3.27. The highest BCUT2D eigenvalue weighted by atomic mass is 14.1. The average Bonchev–Trinajstić information content (AvgIpc) is 2.35. The lowest BCUT2D eigenvalue weighted by Gasteiger charge is -2.13. The fourth-order valence-electron chi connectivity index (χ4n) is 2.17. The van der Waals surface area contributed by atoms with Crippen LogP contribution in [-0.4, -0.2) is 0 Å². The molecule has 0 aromatic heterocycles. The summed E-state index contributed by atoms with van der Waals surface area (Å²) in [5.74, 6) is 0. The quantitative estimate of drug-likeness (QED) is 0.581. The summed E-state index contributed by atoms with van der Waals surface area (Å²) in [6, 6.07) is 4.56. The first-order valence-corrected chi connectivity index (χ1v) is 6.33. The first-order chi connectivity index (χ1) is 8.76. The zero-order valence-electron chi connectivity index (χ0n) is 11.1. The third-order valence-corrected chi connectivity index (χ3v) is 2.98. The van der Waals surface area contributed by atoms with E-state index in [-0.39, 0.29) is 0 Å². The summed E-state index contributed by atoms with van der Waals surface area (Å²) in [4.78, 5) is 0. The van der Waals surface area contributed by atoms with Crippen LogP contribution in [-0.2, 0) is 25.7 Å². The van der Waals surface area contributed by atoms with E-state index in [0.717, 1.165) is 25.7 Å². The normalized spacial score (nSPS) is 9.78. The predicted octanol–water partition coefficient (Wildman–Crippen LogP) is 4.60. The minimum Gasteiger partial charge on any atom is -0.103 e. The van der Waals surface area contributed by atoms with Crippen molar-refractivity contribution in [3.8, 4) is 0 Å². The molecule has 0 aliphatic heterocycles. The highest BCUT2D eigenvalue weighted by molar-refractivity contribution is 5.42. The monoisotopic (exact) mass is 238 g/mol. The van der Waals surface area contributed by atoms with Gasteiger partial charge in [-0.05, 0) is 47.9 Å². The summed E-state index contributed by atoms with van der Waals surface area (Å²) in [5, 5.41) is 0. The molecule has 94 valence electrons. The highest BCUT2D eigenvalue weighted by Gasteiger charge is 2.07. The third kappa shape index (κ3) is 3.59. The highest BCUT2D eigenvalue weighted by Crippen LogP contribution is 2.21. The van der Waals surface area contributed by atoms with Gasteiger partial charge >= 0.3 is 0 Å². The lowest BCUT2D eigenvalue weighted by Crippen LogP contribution is -2.00. The molecule has 0 amide bonds. The minimum atomic E-state index is 0.904. The number of benzene rings is 1. The average molecular weight is 238 g/mol. The van der Waals surface area contributed by atoms with E-state index >= 15 is 0 Å². The Morgan fingerprint density at radius 3 is 0.944 bits per heavy atom. The van der Waals surface area contributed by atoms with E-state index in [0.29, 0.717) is 0 Å². The van der Waals surface area contributed by atoms with Crippen molar-refractivity contribution < 1.29 is 0 Å². The SMILES string of the molecule is C=CCc1cc(CC=C)c(CC=C)cc1CC=C. The lowest BCUT2D eigenvalue weighted by molar-refractivity contribution is 1.07. The van der Waals surface area contributed by atoms with Crippen molar-refractivity contribution in [1.29, 1.82) is 0 Å². The van der Waals surface area contributed by atoms with E-state index in [4.69, 9.17) is 0 Å². The van der Waals surface area contributed by atoms with Gasteiger partial charge in [-0.15, -0.1) is 26.3 Å². The minimum absolute atomic E-state index is 0.904. The summed E-state index contributed by atoms with van der Waals surface area (Å²) >= 11 is 0. The second-order valence-electron chi connectivity index (χ2n) is 4.36. The topological polar surface area (TPSA) is 0 Å². The van der Waals surface area contributed by atoms with Crippen molar-refractivity contribution in [2.24, 2.45) is 0 Å². The van der Waals surface area contributed by atoms with Crippen molar-refractivity contribution in [2.75, 3.05) is 0 Å². The van der Waals surface area contributed by atoms with Gasteiger partial charge in [0.1, 0.15) is 0 Å². The summed E-state index contributed by atoms with van der Waals surface area (Å²) in [6.07, 6.45) is 11.4. The Labute approximate surface area is 111 Å². The molecule has 1 rings (SSSR count). The molecule has 1 aromatic carbocycles. The van der Waals surface area contributed by atoms with Gasteiger partial charge in [-0.25, -0.2) is 0 Å². The largest absolute Gasteiger partial charge is 0.103 e. The first-order valence-electron chi connectivity index (χ1n) is 6.33. The molecule has 0 bridgehead atoms. The number of hydrogen-bond donors (Lipinski definition) is 0. The Hall–Kier alpha value is -1.82. The predicted molar refractivity (Wildman–Crippen MR) is 82.0 cm³/mol. The van der Waals surface area contributed by atoms with Crippen molar-refractivity contribution in [3.63, 3.8) is 0 Å². The number of hydrogen-bond acceptors (Lipinski definition) is 0.